The Morgan fingerprint density at radius 3 is 1.90 bits per heavy atom. The highest BCUT2D eigenvalue weighted by Gasteiger charge is 2.54. The maximum absolute atomic E-state index is 11.8. The third-order valence-electron chi connectivity index (χ3n) is 6.50. The van der Waals surface area contributed by atoms with Gasteiger partial charge >= 0.3 is 0 Å². The first kappa shape index (κ1) is 21.7. The van der Waals surface area contributed by atoms with Gasteiger partial charge in [0.05, 0.1) is 0 Å². The van der Waals surface area contributed by atoms with Crippen molar-refractivity contribution in [2.75, 3.05) is 0 Å². The summed E-state index contributed by atoms with van der Waals surface area (Å²) in [7, 11) is -2.69. The van der Waals surface area contributed by atoms with Crippen molar-refractivity contribution in [3.8, 4) is 0 Å². The Balaban J connectivity index is 2.16. The van der Waals surface area contributed by atoms with Crippen molar-refractivity contribution < 1.29 is 14.0 Å². The Hall–Kier alpha value is -2.04. The summed E-state index contributed by atoms with van der Waals surface area (Å²) in [5.74, 6) is 0.0470. The van der Waals surface area contributed by atoms with Crippen molar-refractivity contribution >= 4 is 31.3 Å². The second-order valence-electron chi connectivity index (χ2n) is 9.31. The number of hydrogen-bond donors (Lipinski definition) is 0. The molecule has 29 heavy (non-hydrogen) atoms. The number of aldehydes is 2. The van der Waals surface area contributed by atoms with Gasteiger partial charge in [0.25, 0.3) is 8.32 Å². The van der Waals surface area contributed by atoms with Crippen LogP contribution in [0.1, 0.15) is 40.5 Å². The van der Waals surface area contributed by atoms with Crippen LogP contribution >= 0.6 is 0 Å². The summed E-state index contributed by atoms with van der Waals surface area (Å²) in [5.41, 5.74) is 0. The fourth-order valence-electron chi connectivity index (χ4n) is 5.08. The fraction of sp³-hybridized carbons (Fsp3) is 0.440. The van der Waals surface area contributed by atoms with Crippen LogP contribution < -0.4 is 10.4 Å². The van der Waals surface area contributed by atoms with Gasteiger partial charge in [-0.25, -0.2) is 0 Å². The molecule has 3 rings (SSSR count). The summed E-state index contributed by atoms with van der Waals surface area (Å²) < 4.78 is 7.22. The highest BCUT2D eigenvalue weighted by atomic mass is 28.4. The molecular formula is C25H32O3Si. The Kier molecular flexibility index (Phi) is 6.54. The van der Waals surface area contributed by atoms with E-state index >= 15 is 0 Å². The minimum absolute atomic E-state index is 0.0540. The van der Waals surface area contributed by atoms with Crippen molar-refractivity contribution in [1.82, 2.24) is 0 Å². The minimum atomic E-state index is -2.69. The fourth-order valence-corrected chi connectivity index (χ4v) is 9.82. The molecule has 1 aliphatic carbocycles. The molecule has 3 nitrogen and oxygen atoms in total. The lowest BCUT2D eigenvalue weighted by atomic mass is 9.89. The van der Waals surface area contributed by atoms with Crippen LogP contribution in [0.3, 0.4) is 0 Å². The second-order valence-corrected chi connectivity index (χ2v) is 13.6. The SMILES string of the molecule is C[C@H]1C[C@H](O[Si](c2ccccc2)(c2ccccc2)C(C)(C)C)[C@@H](CC=O)[C@@H]1C=O. The molecule has 0 aliphatic heterocycles. The highest BCUT2D eigenvalue weighted by Crippen LogP contribution is 2.44. The molecule has 0 bridgehead atoms. The lowest BCUT2D eigenvalue weighted by molar-refractivity contribution is -0.114. The quantitative estimate of drug-likeness (QED) is 0.514. The maximum Gasteiger partial charge on any atom is 0.261 e. The Morgan fingerprint density at radius 1 is 0.966 bits per heavy atom. The molecule has 0 N–H and O–H groups in total. The van der Waals surface area contributed by atoms with Crippen molar-refractivity contribution in [2.24, 2.45) is 17.8 Å². The standard InChI is InChI=1S/C25H32O3Si/c1-19-17-24(22(15-16-26)23(19)18-27)28-29(25(2,3)4,20-11-7-5-8-12-20)21-13-9-6-10-14-21/h5-14,16,18-19,22-24H,15,17H2,1-4H3/t19-,22-,23+,24-/m0/s1. The lowest BCUT2D eigenvalue weighted by Crippen LogP contribution is -2.68. The average Bonchev–Trinajstić information content (AvgIpc) is 3.00. The first-order valence-electron chi connectivity index (χ1n) is 10.5. The zero-order chi connectivity index (χ0) is 21.1. The van der Waals surface area contributed by atoms with Crippen molar-refractivity contribution in [1.29, 1.82) is 0 Å². The molecule has 0 amide bonds. The Morgan fingerprint density at radius 2 is 1.48 bits per heavy atom. The molecule has 1 saturated carbocycles. The van der Waals surface area contributed by atoms with E-state index in [4.69, 9.17) is 4.43 Å². The topological polar surface area (TPSA) is 43.4 Å². The van der Waals surface area contributed by atoms with Gasteiger partial charge in [-0.15, -0.1) is 0 Å². The van der Waals surface area contributed by atoms with Crippen molar-refractivity contribution in [3.05, 3.63) is 60.7 Å². The van der Waals surface area contributed by atoms with E-state index in [2.05, 4.69) is 76.2 Å². The first-order chi connectivity index (χ1) is 13.8. The van der Waals surface area contributed by atoms with Crippen LogP contribution in [0.2, 0.25) is 5.04 Å². The zero-order valence-electron chi connectivity index (χ0n) is 17.9. The number of rotatable bonds is 7. The van der Waals surface area contributed by atoms with E-state index in [1.807, 2.05) is 12.1 Å². The smallest absolute Gasteiger partial charge is 0.261 e. The summed E-state index contributed by atoms with van der Waals surface area (Å²) in [6, 6.07) is 21.1. The highest BCUT2D eigenvalue weighted by molar-refractivity contribution is 6.99. The number of carbonyl (C=O) groups excluding carboxylic acids is 2. The zero-order valence-corrected chi connectivity index (χ0v) is 18.9. The molecule has 4 atom stereocenters. The van der Waals surface area contributed by atoms with Crippen LogP contribution in [-0.2, 0) is 14.0 Å². The van der Waals surface area contributed by atoms with Crippen LogP contribution in [0.15, 0.2) is 60.7 Å². The number of hydrogen-bond acceptors (Lipinski definition) is 3. The van der Waals surface area contributed by atoms with Gasteiger partial charge in [0, 0.05) is 24.4 Å². The minimum Gasteiger partial charge on any atom is -0.404 e. The van der Waals surface area contributed by atoms with E-state index in [0.717, 1.165) is 19.0 Å². The molecule has 1 aliphatic rings. The number of carbonyl (C=O) groups is 2. The van der Waals surface area contributed by atoms with E-state index in [-0.39, 0.29) is 28.9 Å². The molecule has 0 unspecified atom stereocenters. The van der Waals surface area contributed by atoms with Gasteiger partial charge in [0.2, 0.25) is 0 Å². The van der Waals surface area contributed by atoms with Gasteiger partial charge in [0.1, 0.15) is 12.6 Å². The van der Waals surface area contributed by atoms with E-state index in [0.29, 0.717) is 6.42 Å². The van der Waals surface area contributed by atoms with E-state index in [1.165, 1.54) is 10.4 Å². The van der Waals surface area contributed by atoms with E-state index < -0.39 is 8.32 Å². The summed E-state index contributed by atoms with van der Waals surface area (Å²) >= 11 is 0. The second kappa shape index (κ2) is 8.76. The Bertz CT molecular complexity index is 773. The third-order valence-corrected chi connectivity index (χ3v) is 11.6. The van der Waals surface area contributed by atoms with Crippen LogP contribution in [0.5, 0.6) is 0 Å². The molecule has 0 radical (unpaired) electrons. The lowest BCUT2D eigenvalue weighted by Gasteiger charge is -2.45. The van der Waals surface area contributed by atoms with Crippen LogP contribution in [-0.4, -0.2) is 27.0 Å². The van der Waals surface area contributed by atoms with Crippen LogP contribution in [0, 0.1) is 17.8 Å². The van der Waals surface area contributed by atoms with E-state index in [1.54, 1.807) is 0 Å². The molecule has 4 heteroatoms. The molecule has 2 aromatic rings. The number of benzene rings is 2. The molecule has 0 aromatic heterocycles. The molecule has 154 valence electrons. The molecule has 2 aromatic carbocycles. The molecule has 0 spiro atoms. The van der Waals surface area contributed by atoms with Crippen LogP contribution in [0.4, 0.5) is 0 Å². The maximum atomic E-state index is 11.8. The summed E-state index contributed by atoms with van der Waals surface area (Å²) in [5, 5.41) is 2.33. The molecule has 0 heterocycles. The Labute approximate surface area is 175 Å². The summed E-state index contributed by atoms with van der Waals surface area (Å²) in [6.07, 6.45) is 3.06. The third kappa shape index (κ3) is 4.01. The summed E-state index contributed by atoms with van der Waals surface area (Å²) in [6.45, 7) is 8.86. The van der Waals surface area contributed by atoms with Gasteiger partial charge < -0.3 is 14.0 Å². The molecule has 0 saturated heterocycles. The van der Waals surface area contributed by atoms with E-state index in [9.17, 15) is 9.59 Å². The molecule has 1 fully saturated rings. The normalized spacial score (nSPS) is 25.0. The van der Waals surface area contributed by atoms with Gasteiger partial charge in [-0.05, 0) is 27.8 Å². The van der Waals surface area contributed by atoms with Gasteiger partial charge in [-0.2, -0.15) is 0 Å². The first-order valence-corrected chi connectivity index (χ1v) is 12.4. The van der Waals surface area contributed by atoms with Gasteiger partial charge in [-0.1, -0.05) is 88.4 Å². The van der Waals surface area contributed by atoms with Crippen molar-refractivity contribution in [2.45, 2.75) is 51.7 Å². The van der Waals surface area contributed by atoms with Gasteiger partial charge in [-0.3, -0.25) is 0 Å². The van der Waals surface area contributed by atoms with Crippen molar-refractivity contribution in [3.63, 3.8) is 0 Å². The van der Waals surface area contributed by atoms with Gasteiger partial charge in [0.15, 0.2) is 0 Å². The predicted octanol–water partition coefficient (Wildman–Crippen LogP) is 3.99. The summed E-state index contributed by atoms with van der Waals surface area (Å²) in [4.78, 5) is 23.2. The average molecular weight is 409 g/mol. The largest absolute Gasteiger partial charge is 0.404 e. The monoisotopic (exact) mass is 408 g/mol. The predicted molar refractivity (Wildman–Crippen MR) is 120 cm³/mol. The molecular weight excluding hydrogens is 376 g/mol. The van der Waals surface area contributed by atoms with Crippen LogP contribution in [0.25, 0.3) is 0 Å².